The van der Waals surface area contributed by atoms with Crippen LogP contribution in [0.5, 0.6) is 0 Å². The van der Waals surface area contributed by atoms with Crippen molar-refractivity contribution < 1.29 is 9.21 Å². The number of rotatable bonds is 5. The number of hydrogen-bond acceptors (Lipinski definition) is 5. The quantitative estimate of drug-likeness (QED) is 0.750. The molecule has 1 aromatic carbocycles. The summed E-state index contributed by atoms with van der Waals surface area (Å²) in [7, 11) is 0. The smallest absolute Gasteiger partial charge is 0.278 e. The van der Waals surface area contributed by atoms with Crippen molar-refractivity contribution in [1.82, 2.24) is 14.8 Å². The summed E-state index contributed by atoms with van der Waals surface area (Å²) in [6.07, 6.45) is 4.58. The number of benzene rings is 1. The first-order valence-corrected chi connectivity index (χ1v) is 7.63. The van der Waals surface area contributed by atoms with E-state index < -0.39 is 0 Å². The van der Waals surface area contributed by atoms with E-state index in [9.17, 15) is 4.79 Å². The first kappa shape index (κ1) is 15.9. The number of oxazole rings is 1. The molecule has 3 N–H and O–H groups in total. The predicted molar refractivity (Wildman–Crippen MR) is 90.5 cm³/mol. The minimum absolute atomic E-state index is 0.0167. The van der Waals surface area contributed by atoms with E-state index in [1.54, 1.807) is 17.1 Å². The normalized spacial score (nSPS) is 12.1. The van der Waals surface area contributed by atoms with Crippen LogP contribution in [0.25, 0.3) is 11.3 Å². The molecule has 1 unspecified atom stereocenters. The third kappa shape index (κ3) is 3.52. The highest BCUT2D eigenvalue weighted by atomic mass is 16.3. The van der Waals surface area contributed by atoms with E-state index in [0.717, 1.165) is 11.1 Å². The van der Waals surface area contributed by atoms with Crippen molar-refractivity contribution in [2.24, 2.45) is 5.73 Å². The van der Waals surface area contributed by atoms with Crippen LogP contribution in [0.2, 0.25) is 0 Å². The van der Waals surface area contributed by atoms with Crippen molar-refractivity contribution in [2.45, 2.75) is 26.4 Å². The number of nitrogens with one attached hydrogen (secondary N) is 1. The van der Waals surface area contributed by atoms with E-state index in [-0.39, 0.29) is 17.6 Å². The maximum absolute atomic E-state index is 12.5. The van der Waals surface area contributed by atoms with Crippen LogP contribution in [0.15, 0.2) is 47.5 Å². The summed E-state index contributed by atoms with van der Waals surface area (Å²) >= 11 is 0. The van der Waals surface area contributed by atoms with Gasteiger partial charge in [-0.25, -0.2) is 4.98 Å². The maximum Gasteiger partial charge on any atom is 0.278 e. The fourth-order valence-corrected chi connectivity index (χ4v) is 2.41. The number of anilines is 1. The van der Waals surface area contributed by atoms with Gasteiger partial charge in [0.05, 0.1) is 18.4 Å². The van der Waals surface area contributed by atoms with Crippen LogP contribution in [-0.2, 0) is 6.54 Å². The molecule has 0 bridgehead atoms. The van der Waals surface area contributed by atoms with Crippen molar-refractivity contribution >= 4 is 11.6 Å². The van der Waals surface area contributed by atoms with Gasteiger partial charge in [0.15, 0.2) is 17.8 Å². The fourth-order valence-electron chi connectivity index (χ4n) is 2.41. The van der Waals surface area contributed by atoms with Crippen molar-refractivity contribution in [3.63, 3.8) is 0 Å². The van der Waals surface area contributed by atoms with Gasteiger partial charge in [-0.05, 0) is 19.9 Å². The number of aryl methyl sites for hydroxylation is 1. The maximum atomic E-state index is 12.5. The molecule has 7 heteroatoms. The summed E-state index contributed by atoms with van der Waals surface area (Å²) in [6.45, 7) is 4.45. The van der Waals surface area contributed by atoms with E-state index in [2.05, 4.69) is 15.4 Å². The average Bonchev–Trinajstić information content (AvgIpc) is 3.16. The third-order valence-electron chi connectivity index (χ3n) is 3.43. The van der Waals surface area contributed by atoms with Gasteiger partial charge >= 0.3 is 0 Å². The fraction of sp³-hybridized carbons (Fsp3) is 0.235. The summed E-state index contributed by atoms with van der Waals surface area (Å²) in [4.78, 5) is 16.5. The molecule has 0 aliphatic rings. The molecule has 7 nitrogen and oxygen atoms in total. The van der Waals surface area contributed by atoms with Gasteiger partial charge in [-0.15, -0.1) is 0 Å². The summed E-state index contributed by atoms with van der Waals surface area (Å²) in [5, 5.41) is 6.94. The molecule has 1 amide bonds. The number of carbonyl (C=O) groups is 1. The molecular formula is C17H19N5O2. The van der Waals surface area contributed by atoms with E-state index in [1.807, 2.05) is 38.1 Å². The van der Waals surface area contributed by atoms with Gasteiger partial charge < -0.3 is 15.5 Å². The van der Waals surface area contributed by atoms with Crippen LogP contribution in [0.3, 0.4) is 0 Å². The number of nitrogens with zero attached hydrogens (tertiary/aromatic N) is 3. The molecule has 0 fully saturated rings. The lowest BCUT2D eigenvalue weighted by Crippen LogP contribution is -2.22. The topological polar surface area (TPSA) is 99.0 Å². The molecule has 0 saturated heterocycles. The predicted octanol–water partition coefficient (Wildman–Crippen LogP) is 2.45. The Morgan fingerprint density at radius 2 is 2.29 bits per heavy atom. The summed E-state index contributed by atoms with van der Waals surface area (Å²) in [5.41, 5.74) is 8.44. The van der Waals surface area contributed by atoms with E-state index >= 15 is 0 Å². The molecule has 0 spiro atoms. The molecule has 124 valence electrons. The number of nitrogens with two attached hydrogens (primary N) is 1. The Kier molecular flexibility index (Phi) is 4.43. The average molecular weight is 325 g/mol. The molecule has 0 aliphatic heterocycles. The Balaban J connectivity index is 1.79. The second-order valence-electron chi connectivity index (χ2n) is 5.78. The minimum Gasteiger partial charge on any atom is -0.443 e. The van der Waals surface area contributed by atoms with Gasteiger partial charge in [-0.3, -0.25) is 9.48 Å². The van der Waals surface area contributed by atoms with Gasteiger partial charge in [-0.1, -0.05) is 23.8 Å². The molecule has 3 aromatic rings. The standard InChI is InChI=1S/C17H19N5O2/c1-11-4-3-5-13(6-11)16-15(19-10-24-16)17(23)21-14-7-20-22(9-14)8-12(2)18/h3-7,9-10,12H,8,18H2,1-2H3,(H,21,23). The summed E-state index contributed by atoms with van der Waals surface area (Å²) < 4.78 is 7.10. The van der Waals surface area contributed by atoms with Crippen LogP contribution >= 0.6 is 0 Å². The van der Waals surface area contributed by atoms with Gasteiger partial charge in [0.25, 0.3) is 5.91 Å². The second kappa shape index (κ2) is 6.67. The highest BCUT2D eigenvalue weighted by Crippen LogP contribution is 2.24. The van der Waals surface area contributed by atoms with Crippen LogP contribution in [0.4, 0.5) is 5.69 Å². The molecule has 0 saturated carbocycles. The van der Waals surface area contributed by atoms with Crippen LogP contribution in [-0.4, -0.2) is 26.7 Å². The van der Waals surface area contributed by atoms with Crippen molar-refractivity contribution in [3.05, 3.63) is 54.3 Å². The lowest BCUT2D eigenvalue weighted by atomic mass is 10.1. The van der Waals surface area contributed by atoms with E-state index in [1.165, 1.54) is 6.39 Å². The van der Waals surface area contributed by atoms with Gasteiger partial charge in [0.1, 0.15) is 0 Å². The van der Waals surface area contributed by atoms with Crippen LogP contribution < -0.4 is 11.1 Å². The molecule has 2 aromatic heterocycles. The molecular weight excluding hydrogens is 306 g/mol. The van der Waals surface area contributed by atoms with Crippen molar-refractivity contribution in [1.29, 1.82) is 0 Å². The largest absolute Gasteiger partial charge is 0.443 e. The highest BCUT2D eigenvalue weighted by Gasteiger charge is 2.19. The van der Waals surface area contributed by atoms with Gasteiger partial charge in [0, 0.05) is 17.8 Å². The number of amides is 1. The second-order valence-corrected chi connectivity index (χ2v) is 5.78. The van der Waals surface area contributed by atoms with Gasteiger partial charge in [-0.2, -0.15) is 5.10 Å². The number of hydrogen-bond donors (Lipinski definition) is 2. The van der Waals surface area contributed by atoms with Crippen LogP contribution in [0, 0.1) is 6.92 Å². The number of aromatic nitrogens is 3. The lowest BCUT2D eigenvalue weighted by molar-refractivity contribution is 0.102. The molecule has 0 radical (unpaired) electrons. The first-order valence-electron chi connectivity index (χ1n) is 7.63. The lowest BCUT2D eigenvalue weighted by Gasteiger charge is -2.04. The van der Waals surface area contributed by atoms with Gasteiger partial charge in [0.2, 0.25) is 0 Å². The molecule has 3 rings (SSSR count). The zero-order chi connectivity index (χ0) is 17.1. The third-order valence-corrected chi connectivity index (χ3v) is 3.43. The summed E-state index contributed by atoms with van der Waals surface area (Å²) in [5.74, 6) is 0.0970. The SMILES string of the molecule is Cc1cccc(-c2ocnc2C(=O)Nc2cnn(CC(C)N)c2)c1. The Labute approximate surface area is 139 Å². The Morgan fingerprint density at radius 1 is 1.46 bits per heavy atom. The Morgan fingerprint density at radius 3 is 3.04 bits per heavy atom. The summed E-state index contributed by atoms with van der Waals surface area (Å²) in [6, 6.07) is 7.69. The first-order chi connectivity index (χ1) is 11.5. The molecule has 2 heterocycles. The Bertz CT molecular complexity index is 850. The zero-order valence-electron chi connectivity index (χ0n) is 13.6. The zero-order valence-corrected chi connectivity index (χ0v) is 13.6. The monoisotopic (exact) mass is 325 g/mol. The molecule has 24 heavy (non-hydrogen) atoms. The van der Waals surface area contributed by atoms with Crippen molar-refractivity contribution in [3.8, 4) is 11.3 Å². The van der Waals surface area contributed by atoms with Crippen LogP contribution in [0.1, 0.15) is 23.0 Å². The Hall–Kier alpha value is -2.93. The highest BCUT2D eigenvalue weighted by molar-refractivity contribution is 6.06. The van der Waals surface area contributed by atoms with E-state index in [4.69, 9.17) is 10.2 Å². The van der Waals surface area contributed by atoms with E-state index in [0.29, 0.717) is 18.0 Å². The van der Waals surface area contributed by atoms with Crippen molar-refractivity contribution in [2.75, 3.05) is 5.32 Å². The number of carbonyl (C=O) groups excluding carboxylic acids is 1. The molecule has 0 aliphatic carbocycles. The molecule has 1 atom stereocenters. The minimum atomic E-state index is -0.347.